The number of allylic oxidation sites excluding steroid dienone is 4. The first-order chi connectivity index (χ1) is 28.3. The highest BCUT2D eigenvalue weighted by atomic mass is 16.7. The van der Waals surface area contributed by atoms with Crippen molar-refractivity contribution in [2.24, 2.45) is 28.7 Å². The summed E-state index contributed by atoms with van der Waals surface area (Å²) in [4.78, 5) is 63.1. The van der Waals surface area contributed by atoms with Gasteiger partial charge < -0.3 is 44.9 Å². The fourth-order valence-electron chi connectivity index (χ4n) is 9.26. The number of benzene rings is 1. The van der Waals surface area contributed by atoms with Gasteiger partial charge in [0, 0.05) is 80.0 Å². The molecule has 15 nitrogen and oxygen atoms in total. The number of fused-ring (bicyclic) bond motifs is 5. The molecule has 0 aromatic heterocycles. The number of ether oxygens (including phenoxy) is 4. The first kappa shape index (κ1) is 44.7. The zero-order valence-corrected chi connectivity index (χ0v) is 36.2. The van der Waals surface area contributed by atoms with E-state index in [4.69, 9.17) is 23.9 Å². The predicted molar refractivity (Wildman–Crippen MR) is 222 cm³/mol. The van der Waals surface area contributed by atoms with Gasteiger partial charge in [0.05, 0.1) is 53.7 Å². The van der Waals surface area contributed by atoms with Crippen LogP contribution in [0, 0.1) is 30.6 Å². The van der Waals surface area contributed by atoms with Gasteiger partial charge in [-0.05, 0) is 46.2 Å². The fraction of sp³-hybridized carbons (Fsp3) is 0.578. The highest BCUT2D eigenvalue weighted by Crippen LogP contribution is 2.49. The molecule has 0 saturated carbocycles. The third kappa shape index (κ3) is 8.16. The molecule has 1 unspecified atom stereocenters. The molecule has 15 heteroatoms. The molecular formula is C45H60N4O11. The maximum atomic E-state index is 14.7. The van der Waals surface area contributed by atoms with Crippen molar-refractivity contribution >= 4 is 29.2 Å². The van der Waals surface area contributed by atoms with Crippen molar-refractivity contribution < 1.29 is 53.4 Å². The summed E-state index contributed by atoms with van der Waals surface area (Å²) < 4.78 is 24.0. The lowest BCUT2D eigenvalue weighted by Gasteiger charge is -2.38. The van der Waals surface area contributed by atoms with Crippen LogP contribution in [0.4, 0.5) is 0 Å². The van der Waals surface area contributed by atoms with Gasteiger partial charge in [-0.3, -0.25) is 29.1 Å². The Morgan fingerprint density at radius 1 is 0.950 bits per heavy atom. The molecule has 1 aliphatic carbocycles. The average molecular weight is 833 g/mol. The van der Waals surface area contributed by atoms with Gasteiger partial charge in [0.2, 0.25) is 5.78 Å². The SMILES string of the molecule is CO[C@H]1/C=C/O[C@@]2(C)Oc3c(C)c(O)c4c(c3C2=O)/C2=N/C[C@@H]3CCC(CCNC2=C(NC(=O)/C(C)=C\C=C\[C@H](C)[C@H](O)[C@@H](C)[C@@H](O)[C@@H](C)[C@H](OC(C)=O)[C@@H]1C)C4=O)N3C. The number of aliphatic imine (C=N–C) groups is 1. The van der Waals surface area contributed by atoms with Crippen LogP contribution in [0.2, 0.25) is 0 Å². The zero-order chi connectivity index (χ0) is 44.0. The van der Waals surface area contributed by atoms with E-state index >= 15 is 0 Å². The zero-order valence-electron chi connectivity index (χ0n) is 36.2. The number of nitrogens with one attached hydrogen (secondary N) is 2. The van der Waals surface area contributed by atoms with E-state index in [1.165, 1.54) is 34.1 Å². The molecule has 1 amide bonds. The number of Topliss-reactive ketones (excluding diaryl/α,β-unsaturated/α-hetero) is 2. The van der Waals surface area contributed by atoms with Crippen LogP contribution >= 0.6 is 0 Å². The molecule has 1 aromatic rings. The molecule has 5 aliphatic rings. The van der Waals surface area contributed by atoms with E-state index in [1.807, 2.05) is 0 Å². The molecule has 1 fully saturated rings. The molecule has 60 heavy (non-hydrogen) atoms. The van der Waals surface area contributed by atoms with Crippen molar-refractivity contribution in [3.63, 3.8) is 0 Å². The van der Waals surface area contributed by atoms with Crippen molar-refractivity contribution in [3.05, 3.63) is 69.8 Å². The number of phenols is 1. The molecule has 326 valence electrons. The van der Waals surface area contributed by atoms with Crippen molar-refractivity contribution in [2.45, 2.75) is 117 Å². The highest BCUT2D eigenvalue weighted by molar-refractivity contribution is 6.34. The minimum atomic E-state index is -1.97. The lowest BCUT2D eigenvalue weighted by molar-refractivity contribution is -0.160. The number of likely N-dealkylation sites (N-methyl/N-ethyl adjacent to an activating group) is 1. The van der Waals surface area contributed by atoms with Gasteiger partial charge in [-0.1, -0.05) is 45.9 Å². The minimum Gasteiger partial charge on any atom is -0.507 e. The third-order valence-electron chi connectivity index (χ3n) is 13.2. The first-order valence-corrected chi connectivity index (χ1v) is 20.8. The quantitative estimate of drug-likeness (QED) is 0.268. The Balaban J connectivity index is 1.52. The van der Waals surface area contributed by atoms with Crippen LogP contribution in [-0.4, -0.2) is 119 Å². The molecule has 6 rings (SSSR count). The number of ketones is 2. The second-order valence-corrected chi connectivity index (χ2v) is 17.2. The fourth-order valence-corrected chi connectivity index (χ4v) is 9.26. The van der Waals surface area contributed by atoms with Crippen molar-refractivity contribution in [1.82, 2.24) is 15.5 Å². The Kier molecular flexibility index (Phi) is 13.1. The average Bonchev–Trinajstić information content (AvgIpc) is 3.68. The van der Waals surface area contributed by atoms with Gasteiger partial charge in [0.25, 0.3) is 11.7 Å². The summed E-state index contributed by atoms with van der Waals surface area (Å²) in [6, 6.07) is 0.374. The van der Waals surface area contributed by atoms with Crippen LogP contribution in [0.15, 0.2) is 52.5 Å². The number of aliphatic hydroxyl groups is 2. The van der Waals surface area contributed by atoms with Crippen LogP contribution in [0.5, 0.6) is 11.5 Å². The van der Waals surface area contributed by atoms with E-state index in [0.717, 1.165) is 19.3 Å². The second-order valence-electron chi connectivity index (χ2n) is 17.2. The van der Waals surface area contributed by atoms with Crippen LogP contribution in [0.1, 0.15) is 99.6 Å². The van der Waals surface area contributed by atoms with Crippen molar-refractivity contribution in [3.8, 4) is 11.5 Å². The van der Waals surface area contributed by atoms with Crippen LogP contribution in [0.3, 0.4) is 0 Å². The summed E-state index contributed by atoms with van der Waals surface area (Å²) in [6.45, 7) is 13.6. The third-order valence-corrected chi connectivity index (χ3v) is 13.2. The van der Waals surface area contributed by atoms with Crippen LogP contribution in [0.25, 0.3) is 0 Å². The van der Waals surface area contributed by atoms with E-state index in [0.29, 0.717) is 13.1 Å². The van der Waals surface area contributed by atoms with E-state index < -0.39 is 83.1 Å². The van der Waals surface area contributed by atoms with Gasteiger partial charge in [-0.15, -0.1) is 0 Å². The molecule has 1 aromatic carbocycles. The van der Waals surface area contributed by atoms with Gasteiger partial charge in [-0.2, -0.15) is 0 Å². The Morgan fingerprint density at radius 2 is 1.65 bits per heavy atom. The summed E-state index contributed by atoms with van der Waals surface area (Å²) in [5.41, 5.74) is 0.616. The molecule has 4 aliphatic heterocycles. The number of hydrogen-bond acceptors (Lipinski definition) is 14. The number of aromatic hydroxyl groups is 1. The summed E-state index contributed by atoms with van der Waals surface area (Å²) in [6.07, 6.45) is 6.52. The minimum absolute atomic E-state index is 0.0122. The lowest BCUT2D eigenvalue weighted by Crippen LogP contribution is -2.46. The number of nitrogens with zero attached hydrogens (tertiary/aromatic N) is 2. The Bertz CT molecular complexity index is 2070. The van der Waals surface area contributed by atoms with Crippen LogP contribution < -0.4 is 15.4 Å². The van der Waals surface area contributed by atoms with Gasteiger partial charge in [-0.25, -0.2) is 0 Å². The molecule has 5 N–H and O–H groups in total. The maximum absolute atomic E-state index is 14.7. The number of aliphatic hydroxyl groups excluding tert-OH is 2. The number of methoxy groups -OCH3 is 1. The van der Waals surface area contributed by atoms with E-state index in [1.54, 1.807) is 58.9 Å². The summed E-state index contributed by atoms with van der Waals surface area (Å²) in [5, 5.41) is 41.0. The predicted octanol–water partition coefficient (Wildman–Crippen LogP) is 4.02. The lowest BCUT2D eigenvalue weighted by atomic mass is 9.78. The summed E-state index contributed by atoms with van der Waals surface area (Å²) in [5.74, 6) is -7.26. The Hall–Kier alpha value is -4.83. The molecule has 11 atom stereocenters. The molecule has 0 radical (unpaired) electrons. The highest BCUT2D eigenvalue weighted by Gasteiger charge is 2.52. The maximum Gasteiger partial charge on any atom is 0.312 e. The number of phenolic OH excluding ortho intramolecular Hbond substituents is 1. The molecule has 1 saturated heterocycles. The number of carbonyl (C=O) groups is 4. The van der Waals surface area contributed by atoms with E-state index in [-0.39, 0.29) is 62.8 Å². The van der Waals surface area contributed by atoms with Crippen LogP contribution in [-0.2, 0) is 23.8 Å². The smallest absolute Gasteiger partial charge is 0.312 e. The van der Waals surface area contributed by atoms with Crippen molar-refractivity contribution in [2.75, 3.05) is 27.2 Å². The molecule has 0 spiro atoms. The molecule has 7 bridgehead atoms. The number of amides is 1. The van der Waals surface area contributed by atoms with Gasteiger partial charge in [0.1, 0.15) is 23.3 Å². The summed E-state index contributed by atoms with van der Waals surface area (Å²) >= 11 is 0. The second kappa shape index (κ2) is 17.6. The number of hydrogen-bond donors (Lipinski definition) is 5. The standard InChI is InChI=1S/C45H60N4O11/c1-21-12-11-13-22(2)44(56)48-36-35-34(47-20-29-15-14-28(49(29)9)16-18-46-35)31-32(40(36)54)39(53)26(6)42-33(31)43(55)45(8,60-42)58-19-17-30(57-10)23(3)41(59-27(7)50)25(5)38(52)24(4)37(21)51/h11-13,17,19,21,23-25,28-30,37-38,41,46,51-53H,14-16,18,20H2,1-10H3,(H,48,56)/b12-11+,19-17+,22-13-,47-34-/t21-,23+,24+,25+,28?,29-,30-,37-,38+,41+,45-/m0/s1. The van der Waals surface area contributed by atoms with Gasteiger partial charge >= 0.3 is 11.8 Å². The number of carbonyl (C=O) groups excluding carboxylic acids is 4. The number of esters is 1. The Morgan fingerprint density at radius 3 is 2.33 bits per heavy atom. The monoisotopic (exact) mass is 832 g/mol. The Labute approximate surface area is 351 Å². The van der Waals surface area contributed by atoms with Crippen molar-refractivity contribution in [1.29, 1.82) is 0 Å². The van der Waals surface area contributed by atoms with Gasteiger partial charge in [0.15, 0.2) is 0 Å². The normalized spacial score (nSPS) is 37.0. The first-order valence-electron chi connectivity index (χ1n) is 20.8. The van der Waals surface area contributed by atoms with E-state index in [2.05, 4.69) is 22.6 Å². The summed E-state index contributed by atoms with van der Waals surface area (Å²) in [7, 11) is 3.53. The number of rotatable bonds is 2. The largest absolute Gasteiger partial charge is 0.507 e. The topological polar surface area (TPSA) is 206 Å². The van der Waals surface area contributed by atoms with E-state index in [9.17, 15) is 34.5 Å². The molecule has 4 heterocycles. The molecular weight excluding hydrogens is 773 g/mol.